The lowest BCUT2D eigenvalue weighted by atomic mass is 9.96. The van der Waals surface area contributed by atoms with Gasteiger partial charge in [0.1, 0.15) is 0 Å². The van der Waals surface area contributed by atoms with E-state index in [0.717, 1.165) is 32.5 Å². The monoisotopic (exact) mass is 196 g/mol. The molecule has 0 amide bonds. The molecule has 0 radical (unpaired) electrons. The molecule has 5 nitrogen and oxygen atoms in total. The lowest BCUT2D eigenvalue weighted by molar-refractivity contribution is 0.0658. The number of aldehydes is 1. The van der Waals surface area contributed by atoms with E-state index >= 15 is 0 Å². The lowest BCUT2D eigenvalue weighted by Gasteiger charge is -2.20. The Kier molecular flexibility index (Phi) is 2.88. The molecule has 0 saturated carbocycles. The number of hydrogen-bond donors (Lipinski definition) is 0. The first-order valence-corrected chi connectivity index (χ1v) is 4.74. The molecule has 0 spiro atoms. The van der Waals surface area contributed by atoms with Gasteiger partial charge in [0, 0.05) is 19.6 Å². The zero-order valence-corrected chi connectivity index (χ0v) is 7.81. The van der Waals surface area contributed by atoms with Gasteiger partial charge in [-0.05, 0) is 18.8 Å². The van der Waals surface area contributed by atoms with E-state index in [1.54, 1.807) is 0 Å². The first-order valence-electron chi connectivity index (χ1n) is 4.74. The summed E-state index contributed by atoms with van der Waals surface area (Å²) in [6.45, 7) is 1.62. The molecule has 14 heavy (non-hydrogen) atoms. The zero-order valence-electron chi connectivity index (χ0n) is 7.81. The maximum atomic E-state index is 10.3. The van der Waals surface area contributed by atoms with Crippen LogP contribution in [0.25, 0.3) is 0 Å². The molecular formula is C9H12N2O3. The Morgan fingerprint density at radius 3 is 2.86 bits per heavy atom. The van der Waals surface area contributed by atoms with Crippen LogP contribution < -0.4 is 0 Å². The summed E-state index contributed by atoms with van der Waals surface area (Å²) in [5.41, 5.74) is 0. The third-order valence-electron chi connectivity index (χ3n) is 2.40. The number of hydrogen-bond acceptors (Lipinski definition) is 5. The number of carbonyl (C=O) groups excluding carboxylic acids is 1. The maximum absolute atomic E-state index is 10.3. The second kappa shape index (κ2) is 4.32. The van der Waals surface area contributed by atoms with Crippen molar-refractivity contribution in [2.45, 2.75) is 19.3 Å². The summed E-state index contributed by atoms with van der Waals surface area (Å²) in [6, 6.07) is 0. The fraction of sp³-hybridized carbons (Fsp3) is 0.667. The Balaban J connectivity index is 1.92. The first kappa shape index (κ1) is 9.33. The summed E-state index contributed by atoms with van der Waals surface area (Å²) >= 11 is 0. The van der Waals surface area contributed by atoms with E-state index in [4.69, 9.17) is 9.26 Å². The van der Waals surface area contributed by atoms with Crippen LogP contribution in [0.1, 0.15) is 29.4 Å². The highest BCUT2D eigenvalue weighted by atomic mass is 16.5. The predicted molar refractivity (Wildman–Crippen MR) is 46.9 cm³/mol. The van der Waals surface area contributed by atoms with Gasteiger partial charge in [-0.1, -0.05) is 5.16 Å². The van der Waals surface area contributed by atoms with E-state index in [2.05, 4.69) is 10.1 Å². The highest BCUT2D eigenvalue weighted by molar-refractivity contribution is 5.66. The summed E-state index contributed by atoms with van der Waals surface area (Å²) in [5.74, 6) is 1.24. The van der Waals surface area contributed by atoms with Crippen molar-refractivity contribution in [2.24, 2.45) is 5.92 Å². The summed E-state index contributed by atoms with van der Waals surface area (Å²) in [4.78, 5) is 14.2. The molecule has 0 aromatic carbocycles. The van der Waals surface area contributed by atoms with Gasteiger partial charge in [0.15, 0.2) is 5.82 Å². The molecule has 76 valence electrons. The highest BCUT2D eigenvalue weighted by Gasteiger charge is 2.17. The van der Waals surface area contributed by atoms with Crippen LogP contribution in [-0.2, 0) is 11.2 Å². The number of carbonyl (C=O) groups is 1. The molecule has 1 aromatic heterocycles. The summed E-state index contributed by atoms with van der Waals surface area (Å²) in [6.07, 6.45) is 3.41. The fourth-order valence-electron chi connectivity index (χ4n) is 1.61. The molecule has 2 rings (SSSR count). The van der Waals surface area contributed by atoms with Crippen molar-refractivity contribution < 1.29 is 14.1 Å². The SMILES string of the molecule is O=Cc1nc(CC2CCOCC2)no1. The van der Waals surface area contributed by atoms with Gasteiger partial charge in [-0.15, -0.1) is 0 Å². The molecule has 1 aromatic rings. The minimum Gasteiger partial charge on any atom is -0.381 e. The van der Waals surface area contributed by atoms with Gasteiger partial charge in [0.2, 0.25) is 6.29 Å². The molecule has 1 aliphatic rings. The average Bonchev–Trinajstić information content (AvgIpc) is 2.67. The molecule has 2 heterocycles. The minimum atomic E-state index is 0.0621. The van der Waals surface area contributed by atoms with Gasteiger partial charge in [-0.25, -0.2) is 0 Å². The number of ether oxygens (including phenoxy) is 1. The van der Waals surface area contributed by atoms with E-state index < -0.39 is 0 Å². The topological polar surface area (TPSA) is 65.2 Å². The second-order valence-electron chi connectivity index (χ2n) is 3.43. The summed E-state index contributed by atoms with van der Waals surface area (Å²) < 4.78 is 9.94. The van der Waals surface area contributed by atoms with Gasteiger partial charge in [0.25, 0.3) is 5.89 Å². The van der Waals surface area contributed by atoms with Crippen molar-refractivity contribution in [3.05, 3.63) is 11.7 Å². The standard InChI is InChI=1S/C9H12N2O3/c12-6-9-10-8(11-14-9)5-7-1-3-13-4-2-7/h6-7H,1-5H2. The van der Waals surface area contributed by atoms with Crippen molar-refractivity contribution in [1.82, 2.24) is 10.1 Å². The molecule has 1 fully saturated rings. The van der Waals surface area contributed by atoms with Gasteiger partial charge in [0.05, 0.1) is 0 Å². The van der Waals surface area contributed by atoms with Crippen molar-refractivity contribution in [3.8, 4) is 0 Å². The minimum absolute atomic E-state index is 0.0621. The number of nitrogens with zero attached hydrogens (tertiary/aromatic N) is 2. The fourth-order valence-corrected chi connectivity index (χ4v) is 1.61. The molecule has 0 bridgehead atoms. The van der Waals surface area contributed by atoms with Gasteiger partial charge < -0.3 is 9.26 Å². The molecule has 0 N–H and O–H groups in total. The average molecular weight is 196 g/mol. The number of aromatic nitrogens is 2. The van der Waals surface area contributed by atoms with Crippen LogP contribution in [0.15, 0.2) is 4.52 Å². The van der Waals surface area contributed by atoms with Crippen molar-refractivity contribution in [3.63, 3.8) is 0 Å². The van der Waals surface area contributed by atoms with E-state index in [1.165, 1.54) is 0 Å². The van der Waals surface area contributed by atoms with E-state index in [1.807, 2.05) is 0 Å². The number of rotatable bonds is 3. The van der Waals surface area contributed by atoms with Crippen LogP contribution in [-0.4, -0.2) is 29.6 Å². The Bertz CT molecular complexity index is 305. The quantitative estimate of drug-likeness (QED) is 0.670. The molecular weight excluding hydrogens is 184 g/mol. The van der Waals surface area contributed by atoms with Crippen LogP contribution in [0.3, 0.4) is 0 Å². The second-order valence-corrected chi connectivity index (χ2v) is 3.43. The summed E-state index contributed by atoms with van der Waals surface area (Å²) in [5, 5.41) is 3.72. The molecule has 0 aliphatic carbocycles. The lowest BCUT2D eigenvalue weighted by Crippen LogP contribution is -2.18. The smallest absolute Gasteiger partial charge is 0.290 e. The molecule has 0 unspecified atom stereocenters. The Morgan fingerprint density at radius 1 is 1.43 bits per heavy atom. The maximum Gasteiger partial charge on any atom is 0.290 e. The van der Waals surface area contributed by atoms with Crippen molar-refractivity contribution in [2.75, 3.05) is 13.2 Å². The Morgan fingerprint density at radius 2 is 2.21 bits per heavy atom. The molecule has 5 heteroatoms. The van der Waals surface area contributed by atoms with Crippen LogP contribution in [0.2, 0.25) is 0 Å². The third kappa shape index (κ3) is 2.17. The largest absolute Gasteiger partial charge is 0.381 e. The normalized spacial score (nSPS) is 18.3. The first-order chi connectivity index (χ1) is 6.88. The molecule has 0 atom stereocenters. The van der Waals surface area contributed by atoms with Crippen LogP contribution in [0.5, 0.6) is 0 Å². The summed E-state index contributed by atoms with van der Waals surface area (Å²) in [7, 11) is 0. The van der Waals surface area contributed by atoms with E-state index in [-0.39, 0.29) is 5.89 Å². The Hall–Kier alpha value is -1.23. The van der Waals surface area contributed by atoms with Gasteiger partial charge in [-0.3, -0.25) is 4.79 Å². The van der Waals surface area contributed by atoms with E-state index in [0.29, 0.717) is 18.0 Å². The molecule has 1 saturated heterocycles. The van der Waals surface area contributed by atoms with Crippen molar-refractivity contribution >= 4 is 6.29 Å². The van der Waals surface area contributed by atoms with Crippen LogP contribution >= 0.6 is 0 Å². The molecule has 1 aliphatic heterocycles. The van der Waals surface area contributed by atoms with E-state index in [9.17, 15) is 4.79 Å². The van der Waals surface area contributed by atoms with Gasteiger partial charge >= 0.3 is 0 Å². The Labute approximate surface area is 81.4 Å². The van der Waals surface area contributed by atoms with Gasteiger partial charge in [-0.2, -0.15) is 4.98 Å². The highest BCUT2D eigenvalue weighted by Crippen LogP contribution is 2.18. The zero-order chi connectivity index (χ0) is 9.80. The van der Waals surface area contributed by atoms with Crippen molar-refractivity contribution in [1.29, 1.82) is 0 Å². The third-order valence-corrected chi connectivity index (χ3v) is 2.40. The predicted octanol–water partition coefficient (Wildman–Crippen LogP) is 0.851. The van der Waals surface area contributed by atoms with Crippen LogP contribution in [0, 0.1) is 5.92 Å². The van der Waals surface area contributed by atoms with Crippen LogP contribution in [0.4, 0.5) is 0 Å².